The quantitative estimate of drug-likeness (QED) is 0.247. The van der Waals surface area contributed by atoms with Crippen LogP contribution in [0.2, 0.25) is 0 Å². The second-order valence-corrected chi connectivity index (χ2v) is 18.0. The average Bonchev–Trinajstić information content (AvgIpc) is 2.87. The fraction of sp³-hybridized carbons (Fsp3) is 0.808. The summed E-state index contributed by atoms with van der Waals surface area (Å²) in [5.41, 5.74) is 6.78. The molecule has 0 amide bonds. The van der Waals surface area contributed by atoms with Crippen LogP contribution in [-0.2, 0) is 38.4 Å². The van der Waals surface area contributed by atoms with Crippen LogP contribution in [0, 0.1) is 6.92 Å². The zero-order valence-electron chi connectivity index (χ0n) is 23.4. The first-order valence-corrected chi connectivity index (χ1v) is 15.6. The molecule has 0 atom stereocenters. The molecular weight excluding hydrogens is 490 g/mol. The Balaban J connectivity index is 0.000000856. The SMILES string of the molecule is CC1(C)O[B]OC1(C)C.Cc1cc(CP(C(C)C)C(C)C)nc(CP(C(C)C)C(C)C)c1.[Co]. The second kappa shape index (κ2) is 14.3. The van der Waals surface area contributed by atoms with Gasteiger partial charge in [0.25, 0.3) is 0 Å². The van der Waals surface area contributed by atoms with Crippen LogP contribution in [0.3, 0.4) is 0 Å². The fourth-order valence-electron chi connectivity index (χ4n) is 3.82. The molecule has 0 N–H and O–H groups in total. The molecule has 33 heavy (non-hydrogen) atoms. The predicted molar refractivity (Wildman–Crippen MR) is 147 cm³/mol. The van der Waals surface area contributed by atoms with Gasteiger partial charge in [0.1, 0.15) is 0 Å². The van der Waals surface area contributed by atoms with E-state index in [2.05, 4.69) is 74.4 Å². The third kappa shape index (κ3) is 10.6. The molecule has 2 rings (SSSR count). The Morgan fingerprint density at radius 1 is 0.727 bits per heavy atom. The largest absolute Gasteiger partial charge is 0.488 e. The Bertz CT molecular complexity index is 641. The minimum absolute atomic E-state index is 0. The summed E-state index contributed by atoms with van der Waals surface area (Å²) < 4.78 is 10.4. The molecule has 0 bridgehead atoms. The molecule has 1 fully saturated rings. The fourth-order valence-corrected chi connectivity index (χ4v) is 8.74. The van der Waals surface area contributed by atoms with E-state index >= 15 is 0 Å². The van der Waals surface area contributed by atoms with Crippen LogP contribution < -0.4 is 0 Å². The Kier molecular flexibility index (Phi) is 14.5. The van der Waals surface area contributed by atoms with Crippen LogP contribution in [-0.4, -0.2) is 46.5 Å². The van der Waals surface area contributed by atoms with Crippen LogP contribution >= 0.6 is 15.8 Å². The van der Waals surface area contributed by atoms with Gasteiger partial charge in [0.15, 0.2) is 0 Å². The van der Waals surface area contributed by atoms with E-state index in [1.807, 2.05) is 27.7 Å². The van der Waals surface area contributed by atoms with Gasteiger partial charge >= 0.3 is 7.69 Å². The number of aromatic nitrogens is 1. The van der Waals surface area contributed by atoms with Gasteiger partial charge in [-0.3, -0.25) is 4.98 Å². The van der Waals surface area contributed by atoms with Crippen molar-refractivity contribution < 1.29 is 26.1 Å². The number of nitrogens with zero attached hydrogens (tertiary/aromatic N) is 1. The monoisotopic (exact) mass is 539 g/mol. The van der Waals surface area contributed by atoms with E-state index in [9.17, 15) is 0 Å². The summed E-state index contributed by atoms with van der Waals surface area (Å²) in [7, 11) is 1.45. The third-order valence-electron chi connectivity index (χ3n) is 6.55. The topological polar surface area (TPSA) is 31.4 Å². The average molecular weight is 539 g/mol. The van der Waals surface area contributed by atoms with Gasteiger partial charge in [-0.15, -0.1) is 0 Å². The molecule has 3 nitrogen and oxygen atoms in total. The van der Waals surface area contributed by atoms with Crippen LogP contribution in [0.25, 0.3) is 0 Å². The normalized spacial score (nSPS) is 16.9. The molecule has 1 aliphatic heterocycles. The Hall–Kier alpha value is 0.501. The summed E-state index contributed by atoms with van der Waals surface area (Å²) in [5, 5.41) is 0. The van der Waals surface area contributed by atoms with E-state index in [1.165, 1.54) is 37.0 Å². The molecule has 0 saturated carbocycles. The number of aryl methyl sites for hydroxylation is 1. The molecule has 1 aromatic rings. The van der Waals surface area contributed by atoms with E-state index < -0.39 is 0 Å². The Morgan fingerprint density at radius 2 is 1.03 bits per heavy atom. The smallest absolute Gasteiger partial charge is 0.405 e. The number of pyridine rings is 1. The van der Waals surface area contributed by atoms with E-state index in [-0.39, 0.29) is 43.8 Å². The molecule has 1 aromatic heterocycles. The van der Waals surface area contributed by atoms with E-state index in [4.69, 9.17) is 14.3 Å². The maximum atomic E-state index is 5.21. The number of hydrogen-bond donors (Lipinski definition) is 0. The Labute approximate surface area is 219 Å². The van der Waals surface area contributed by atoms with Gasteiger partial charge in [0, 0.05) is 40.5 Å². The molecule has 192 valence electrons. The van der Waals surface area contributed by atoms with Crippen LogP contribution in [0.5, 0.6) is 0 Å². The first-order chi connectivity index (χ1) is 14.6. The van der Waals surface area contributed by atoms with Gasteiger partial charge in [-0.2, -0.15) is 0 Å². The van der Waals surface area contributed by atoms with Crippen molar-refractivity contribution in [3.63, 3.8) is 0 Å². The summed E-state index contributed by atoms with van der Waals surface area (Å²) in [6.07, 6.45) is 2.36. The predicted octanol–water partition coefficient (Wildman–Crippen LogP) is 8.11. The second-order valence-electron chi connectivity index (χ2n) is 11.2. The van der Waals surface area contributed by atoms with Crippen molar-refractivity contribution in [3.05, 3.63) is 29.1 Å². The summed E-state index contributed by atoms with van der Waals surface area (Å²) in [6.45, 7) is 29.3. The molecule has 1 saturated heterocycles. The summed E-state index contributed by atoms with van der Waals surface area (Å²) in [5.74, 6) is 0. The van der Waals surface area contributed by atoms with E-state index in [0.29, 0.717) is 0 Å². The van der Waals surface area contributed by atoms with Gasteiger partial charge in [-0.25, -0.2) is 0 Å². The molecule has 0 unspecified atom stereocenters. The summed E-state index contributed by atoms with van der Waals surface area (Å²) >= 11 is 0. The van der Waals surface area contributed by atoms with Crippen molar-refractivity contribution in [1.82, 2.24) is 4.98 Å². The first-order valence-electron chi connectivity index (χ1n) is 12.2. The molecule has 0 aromatic carbocycles. The van der Waals surface area contributed by atoms with Gasteiger partial charge in [0.2, 0.25) is 0 Å². The summed E-state index contributed by atoms with van der Waals surface area (Å²) in [6, 6.07) is 4.63. The summed E-state index contributed by atoms with van der Waals surface area (Å²) in [4.78, 5) is 5.08. The van der Waals surface area contributed by atoms with Crippen molar-refractivity contribution in [2.75, 3.05) is 0 Å². The minimum atomic E-state index is -0.188. The van der Waals surface area contributed by atoms with Crippen molar-refractivity contribution in [1.29, 1.82) is 0 Å². The number of rotatable bonds is 8. The van der Waals surface area contributed by atoms with E-state index in [0.717, 1.165) is 22.6 Å². The maximum absolute atomic E-state index is 5.21. The molecule has 1 aliphatic rings. The minimum Gasteiger partial charge on any atom is -0.405 e. The zero-order chi connectivity index (χ0) is 24.9. The molecule has 2 radical (unpaired) electrons. The van der Waals surface area contributed by atoms with Crippen LogP contribution in [0.15, 0.2) is 12.1 Å². The molecule has 0 aliphatic carbocycles. The standard InChI is InChI=1S/C20H37NP2.C6H12BO2.Co/c1-14(2)22(15(3)4)12-19-10-18(9)11-20(21-19)13-23(16(5)6)17(7)8;1-5(2)6(3,4)9-7-8-5;/h10-11,14-17H,12-13H2,1-9H3;1-4H3;. The van der Waals surface area contributed by atoms with Crippen molar-refractivity contribution >= 4 is 23.5 Å². The maximum Gasteiger partial charge on any atom is 0.488 e. The molecule has 2 heterocycles. The van der Waals surface area contributed by atoms with Crippen LogP contribution in [0.1, 0.15) is 100 Å². The first kappa shape index (κ1) is 33.5. The molecule has 0 spiro atoms. The van der Waals surface area contributed by atoms with Crippen molar-refractivity contribution in [2.24, 2.45) is 0 Å². The number of hydrogen-bond acceptors (Lipinski definition) is 3. The molecule has 7 heteroatoms. The molecular formula is C26H49BCoNO2P2. The van der Waals surface area contributed by atoms with Gasteiger partial charge < -0.3 is 9.31 Å². The van der Waals surface area contributed by atoms with Gasteiger partial charge in [-0.1, -0.05) is 71.2 Å². The zero-order valence-corrected chi connectivity index (χ0v) is 26.3. The van der Waals surface area contributed by atoms with Gasteiger partial charge in [0.05, 0.1) is 11.2 Å². The van der Waals surface area contributed by atoms with Crippen molar-refractivity contribution in [2.45, 2.75) is 136 Å². The Morgan fingerprint density at radius 3 is 1.24 bits per heavy atom. The van der Waals surface area contributed by atoms with Gasteiger partial charge in [-0.05, 0) is 75.0 Å². The van der Waals surface area contributed by atoms with Crippen molar-refractivity contribution in [3.8, 4) is 0 Å². The van der Waals surface area contributed by atoms with E-state index in [1.54, 1.807) is 0 Å². The third-order valence-corrected chi connectivity index (χ3v) is 13.2. The van der Waals surface area contributed by atoms with Crippen LogP contribution in [0.4, 0.5) is 0 Å².